The second kappa shape index (κ2) is 5.27. The summed E-state index contributed by atoms with van der Waals surface area (Å²) in [7, 11) is 2.07. The van der Waals surface area contributed by atoms with E-state index in [2.05, 4.69) is 40.1 Å². The molecular weight excluding hydrogens is 230 g/mol. The summed E-state index contributed by atoms with van der Waals surface area (Å²) in [5.74, 6) is 1.29. The van der Waals surface area contributed by atoms with Crippen molar-refractivity contribution >= 4 is 12.2 Å². The Balaban J connectivity index is 1.89. The first kappa shape index (κ1) is 12.0. The first-order valence-electron chi connectivity index (χ1n) is 5.84. The summed E-state index contributed by atoms with van der Waals surface area (Å²) >= 11 is 5.06. The van der Waals surface area contributed by atoms with E-state index in [0.29, 0.717) is 0 Å². The molecule has 0 saturated heterocycles. The zero-order valence-electron chi connectivity index (χ0n) is 10.3. The van der Waals surface area contributed by atoms with E-state index in [1.807, 2.05) is 24.5 Å². The van der Waals surface area contributed by atoms with E-state index in [1.54, 1.807) is 0 Å². The monoisotopic (exact) mass is 248 g/mol. The lowest BCUT2D eigenvalue weighted by atomic mass is 10.4. The van der Waals surface area contributed by atoms with Crippen LogP contribution >= 0.6 is 12.2 Å². The fourth-order valence-electron chi connectivity index (χ4n) is 1.85. The summed E-state index contributed by atoms with van der Waals surface area (Å²) in [4.78, 5) is 0. The topological polar surface area (TPSA) is 13.7 Å². The van der Waals surface area contributed by atoms with Crippen LogP contribution in [0.4, 0.5) is 0 Å². The Labute approximate surface area is 107 Å². The van der Waals surface area contributed by atoms with E-state index in [1.165, 1.54) is 5.82 Å². The van der Waals surface area contributed by atoms with Gasteiger partial charge in [0.2, 0.25) is 0 Å². The largest absolute Gasteiger partial charge is 0.354 e. The van der Waals surface area contributed by atoms with E-state index in [9.17, 15) is 0 Å². The molecule has 0 bridgehead atoms. The third kappa shape index (κ3) is 3.03. The molecular formula is C13H18N3S+. The van der Waals surface area contributed by atoms with Gasteiger partial charge in [0, 0.05) is 36.8 Å². The SMILES string of the molecule is Cc1n(CCCn2ccc(=S)cc2)cc[n+]1C. The van der Waals surface area contributed by atoms with Gasteiger partial charge < -0.3 is 4.57 Å². The van der Waals surface area contributed by atoms with Crippen LogP contribution in [0.25, 0.3) is 0 Å². The zero-order chi connectivity index (χ0) is 12.3. The minimum atomic E-state index is 0.898. The van der Waals surface area contributed by atoms with Crippen LogP contribution < -0.4 is 4.57 Å². The summed E-state index contributed by atoms with van der Waals surface area (Å²) in [6.45, 7) is 4.21. The molecule has 4 heteroatoms. The number of pyridine rings is 1. The highest BCUT2D eigenvalue weighted by Crippen LogP contribution is 1.99. The van der Waals surface area contributed by atoms with Crippen molar-refractivity contribution in [2.45, 2.75) is 26.4 Å². The number of imidazole rings is 1. The molecule has 0 spiro atoms. The predicted molar refractivity (Wildman–Crippen MR) is 70.2 cm³/mol. The Morgan fingerprint density at radius 1 is 1.18 bits per heavy atom. The van der Waals surface area contributed by atoms with E-state index >= 15 is 0 Å². The lowest BCUT2D eigenvalue weighted by Crippen LogP contribution is -2.29. The van der Waals surface area contributed by atoms with Gasteiger partial charge in [-0.25, -0.2) is 9.13 Å². The van der Waals surface area contributed by atoms with Crippen LogP contribution in [0.1, 0.15) is 12.2 Å². The van der Waals surface area contributed by atoms with Gasteiger partial charge in [0.15, 0.2) is 0 Å². The van der Waals surface area contributed by atoms with Gasteiger partial charge in [-0.3, -0.25) is 0 Å². The fourth-order valence-corrected chi connectivity index (χ4v) is 1.97. The van der Waals surface area contributed by atoms with Crippen molar-refractivity contribution in [1.82, 2.24) is 9.13 Å². The van der Waals surface area contributed by atoms with Crippen LogP contribution in [0.15, 0.2) is 36.9 Å². The molecule has 2 heterocycles. The Kier molecular flexibility index (Phi) is 3.74. The maximum absolute atomic E-state index is 5.06. The quantitative estimate of drug-likeness (QED) is 0.598. The molecule has 3 nitrogen and oxygen atoms in total. The molecule has 0 amide bonds. The van der Waals surface area contributed by atoms with E-state index < -0.39 is 0 Å². The molecule has 2 aromatic rings. The van der Waals surface area contributed by atoms with Gasteiger partial charge in [0.25, 0.3) is 5.82 Å². The fraction of sp³-hybridized carbons (Fsp3) is 0.385. The molecule has 0 aliphatic heterocycles. The van der Waals surface area contributed by atoms with Crippen molar-refractivity contribution < 1.29 is 4.57 Å². The van der Waals surface area contributed by atoms with Crippen molar-refractivity contribution in [2.24, 2.45) is 7.05 Å². The second-order valence-electron chi connectivity index (χ2n) is 4.27. The lowest BCUT2D eigenvalue weighted by Gasteiger charge is -2.04. The zero-order valence-corrected chi connectivity index (χ0v) is 11.2. The van der Waals surface area contributed by atoms with Crippen LogP contribution in [0.3, 0.4) is 0 Å². The highest BCUT2D eigenvalue weighted by Gasteiger charge is 2.07. The molecule has 0 radical (unpaired) electrons. The van der Waals surface area contributed by atoms with Gasteiger partial charge in [-0.1, -0.05) is 12.2 Å². The maximum atomic E-state index is 5.06. The number of aromatic nitrogens is 3. The third-order valence-corrected chi connectivity index (χ3v) is 3.34. The van der Waals surface area contributed by atoms with Gasteiger partial charge in [-0.15, -0.1) is 0 Å². The van der Waals surface area contributed by atoms with Crippen LogP contribution in [-0.2, 0) is 20.1 Å². The number of rotatable bonds is 4. The molecule has 0 aliphatic carbocycles. The van der Waals surface area contributed by atoms with E-state index in [0.717, 1.165) is 24.0 Å². The van der Waals surface area contributed by atoms with Crippen LogP contribution in [0.5, 0.6) is 0 Å². The Morgan fingerprint density at radius 3 is 2.47 bits per heavy atom. The number of hydrogen-bond donors (Lipinski definition) is 0. The Hall–Kier alpha value is -1.42. The van der Waals surface area contributed by atoms with Crippen LogP contribution in [-0.4, -0.2) is 9.13 Å². The maximum Gasteiger partial charge on any atom is 0.253 e. The third-order valence-electron chi connectivity index (χ3n) is 3.07. The van der Waals surface area contributed by atoms with Crippen molar-refractivity contribution in [1.29, 1.82) is 0 Å². The molecule has 0 aromatic carbocycles. The summed E-state index contributed by atoms with van der Waals surface area (Å²) in [5.41, 5.74) is 0. The summed E-state index contributed by atoms with van der Waals surface area (Å²) in [6, 6.07) is 3.94. The van der Waals surface area contributed by atoms with Crippen molar-refractivity contribution in [3.63, 3.8) is 0 Å². The summed E-state index contributed by atoms with van der Waals surface area (Å²) in [5, 5.41) is 0. The molecule has 0 unspecified atom stereocenters. The molecule has 0 N–H and O–H groups in total. The second-order valence-corrected chi connectivity index (χ2v) is 4.75. The number of aryl methyl sites for hydroxylation is 3. The molecule has 0 fully saturated rings. The molecule has 90 valence electrons. The van der Waals surface area contributed by atoms with Crippen molar-refractivity contribution in [2.75, 3.05) is 0 Å². The minimum absolute atomic E-state index is 0.898. The lowest BCUT2D eigenvalue weighted by molar-refractivity contribution is -0.677. The van der Waals surface area contributed by atoms with Crippen LogP contribution in [0, 0.1) is 11.4 Å². The van der Waals surface area contributed by atoms with Gasteiger partial charge in [-0.05, 0) is 12.1 Å². The highest BCUT2D eigenvalue weighted by molar-refractivity contribution is 7.71. The molecule has 0 aliphatic rings. The minimum Gasteiger partial charge on any atom is -0.354 e. The smallest absolute Gasteiger partial charge is 0.253 e. The molecule has 2 aromatic heterocycles. The average Bonchev–Trinajstić information content (AvgIpc) is 2.64. The van der Waals surface area contributed by atoms with Gasteiger partial charge >= 0.3 is 0 Å². The first-order chi connectivity index (χ1) is 8.16. The van der Waals surface area contributed by atoms with Crippen molar-refractivity contribution in [3.05, 3.63) is 47.3 Å². The van der Waals surface area contributed by atoms with Gasteiger partial charge in [0.1, 0.15) is 12.4 Å². The predicted octanol–water partition coefficient (Wildman–Crippen LogP) is 2.24. The molecule has 0 atom stereocenters. The molecule has 2 rings (SSSR count). The number of nitrogens with zero attached hydrogens (tertiary/aromatic N) is 3. The number of hydrogen-bond acceptors (Lipinski definition) is 1. The Morgan fingerprint density at radius 2 is 1.88 bits per heavy atom. The van der Waals surface area contributed by atoms with E-state index in [-0.39, 0.29) is 0 Å². The standard InChI is InChI=1S/C13H18N3S/c1-12-14(2)10-11-16(12)7-3-6-15-8-4-13(17)5-9-15/h4-5,8-11H,3,6-7H2,1-2H3/q+1. The van der Waals surface area contributed by atoms with Gasteiger partial charge in [-0.2, -0.15) is 0 Å². The first-order valence-corrected chi connectivity index (χ1v) is 6.25. The normalized spacial score (nSPS) is 10.7. The van der Waals surface area contributed by atoms with Crippen molar-refractivity contribution in [3.8, 4) is 0 Å². The van der Waals surface area contributed by atoms with E-state index in [4.69, 9.17) is 12.2 Å². The summed E-state index contributed by atoms with van der Waals surface area (Å²) in [6.07, 6.45) is 9.44. The average molecular weight is 248 g/mol. The van der Waals surface area contributed by atoms with Gasteiger partial charge in [0.05, 0.1) is 13.6 Å². The highest BCUT2D eigenvalue weighted by atomic mass is 32.1. The summed E-state index contributed by atoms with van der Waals surface area (Å²) < 4.78 is 7.49. The molecule has 0 saturated carbocycles. The molecule has 17 heavy (non-hydrogen) atoms. The Bertz CT molecular complexity index is 534. The van der Waals surface area contributed by atoms with Crippen LogP contribution in [0.2, 0.25) is 0 Å².